The van der Waals surface area contributed by atoms with Gasteiger partial charge < -0.3 is 19.5 Å². The van der Waals surface area contributed by atoms with Crippen molar-refractivity contribution in [2.75, 3.05) is 19.7 Å². The zero-order valence-electron chi connectivity index (χ0n) is 17.2. The highest BCUT2D eigenvalue weighted by molar-refractivity contribution is 5.74. The van der Waals surface area contributed by atoms with Crippen LogP contribution in [0.25, 0.3) is 0 Å². The number of amides is 2. The minimum absolute atomic E-state index is 0.0122. The highest BCUT2D eigenvalue weighted by atomic mass is 16.5. The molecule has 2 aromatic rings. The maximum absolute atomic E-state index is 12.6. The number of benzene rings is 1. The van der Waals surface area contributed by atoms with Crippen molar-refractivity contribution in [1.82, 2.24) is 14.8 Å². The Morgan fingerprint density at radius 2 is 1.97 bits per heavy atom. The minimum atomic E-state index is -0.0408. The number of aromatic nitrogens is 1. The topological polar surface area (TPSA) is 63.6 Å². The number of carbonyl (C=O) groups excluding carboxylic acids is 1. The summed E-state index contributed by atoms with van der Waals surface area (Å²) in [7, 11) is 0. The molecule has 156 valence electrons. The Hall–Kier alpha value is -2.60. The molecule has 1 fully saturated rings. The predicted octanol–water partition coefficient (Wildman–Crippen LogP) is 3.39. The molecule has 29 heavy (non-hydrogen) atoms. The van der Waals surface area contributed by atoms with Crippen molar-refractivity contribution < 1.29 is 9.53 Å². The molecule has 1 unspecified atom stereocenters. The number of hydrogen-bond acceptors (Lipinski definition) is 3. The Morgan fingerprint density at radius 3 is 2.66 bits per heavy atom. The molecule has 2 heterocycles. The lowest BCUT2D eigenvalue weighted by molar-refractivity contribution is 0.000696. The van der Waals surface area contributed by atoms with E-state index in [0.717, 1.165) is 43.5 Å². The van der Waals surface area contributed by atoms with Crippen molar-refractivity contribution in [2.24, 2.45) is 0 Å². The van der Waals surface area contributed by atoms with Crippen LogP contribution in [0.2, 0.25) is 0 Å². The highest BCUT2D eigenvalue weighted by Crippen LogP contribution is 2.14. The molecule has 0 aliphatic carbocycles. The van der Waals surface area contributed by atoms with E-state index in [0.29, 0.717) is 19.6 Å². The van der Waals surface area contributed by atoms with Gasteiger partial charge in [-0.25, -0.2) is 4.79 Å². The first-order chi connectivity index (χ1) is 14.2. The standard InChI is InChI=1S/C23H31N3O3/c1-2-13-26(18-21-7-4-6-15-29-21)23(28)24-16-19-9-11-20(12-10-19)17-25-14-5-3-8-22(25)27/h3,5,8-12,14,21H,2,4,6-7,13,15-18H2,1H3,(H,24,28). The first-order valence-electron chi connectivity index (χ1n) is 10.5. The molecule has 6 nitrogen and oxygen atoms in total. The lowest BCUT2D eigenvalue weighted by atomic mass is 10.1. The van der Waals surface area contributed by atoms with Crippen molar-refractivity contribution in [1.29, 1.82) is 0 Å². The second-order valence-electron chi connectivity index (χ2n) is 7.58. The third-order valence-electron chi connectivity index (χ3n) is 5.20. The molecule has 1 saturated heterocycles. The van der Waals surface area contributed by atoms with E-state index in [1.165, 1.54) is 6.42 Å². The molecule has 1 aromatic carbocycles. The van der Waals surface area contributed by atoms with Gasteiger partial charge in [0.2, 0.25) is 0 Å². The van der Waals surface area contributed by atoms with Gasteiger partial charge in [0.15, 0.2) is 0 Å². The van der Waals surface area contributed by atoms with Gasteiger partial charge in [-0.3, -0.25) is 4.79 Å². The number of urea groups is 1. The molecule has 1 aromatic heterocycles. The van der Waals surface area contributed by atoms with Gasteiger partial charge >= 0.3 is 6.03 Å². The molecule has 0 radical (unpaired) electrons. The van der Waals surface area contributed by atoms with E-state index in [9.17, 15) is 9.59 Å². The van der Waals surface area contributed by atoms with Crippen LogP contribution in [0.15, 0.2) is 53.5 Å². The molecule has 1 aliphatic rings. The van der Waals surface area contributed by atoms with Gasteiger partial charge in [-0.05, 0) is 42.9 Å². The Kier molecular flexibility index (Phi) is 7.87. The summed E-state index contributed by atoms with van der Waals surface area (Å²) in [5.41, 5.74) is 2.07. The number of nitrogens with zero attached hydrogens (tertiary/aromatic N) is 2. The van der Waals surface area contributed by atoms with Crippen LogP contribution in [0.5, 0.6) is 0 Å². The summed E-state index contributed by atoms with van der Waals surface area (Å²) in [6, 6.07) is 13.1. The Labute approximate surface area is 172 Å². The largest absolute Gasteiger partial charge is 0.376 e. The molecular formula is C23H31N3O3. The molecule has 2 amide bonds. The van der Waals surface area contributed by atoms with Gasteiger partial charge in [0, 0.05) is 38.5 Å². The van der Waals surface area contributed by atoms with Gasteiger partial charge in [-0.15, -0.1) is 0 Å². The van der Waals surface area contributed by atoms with E-state index in [1.54, 1.807) is 22.9 Å². The lowest BCUT2D eigenvalue weighted by Gasteiger charge is -2.30. The van der Waals surface area contributed by atoms with Gasteiger partial charge in [-0.2, -0.15) is 0 Å². The summed E-state index contributed by atoms with van der Waals surface area (Å²) >= 11 is 0. The normalized spacial score (nSPS) is 16.4. The fraction of sp³-hybridized carbons (Fsp3) is 0.478. The van der Waals surface area contributed by atoms with Crippen molar-refractivity contribution in [3.05, 3.63) is 70.1 Å². The zero-order valence-corrected chi connectivity index (χ0v) is 17.2. The van der Waals surface area contributed by atoms with E-state index in [1.807, 2.05) is 35.2 Å². The van der Waals surface area contributed by atoms with E-state index in [4.69, 9.17) is 4.74 Å². The van der Waals surface area contributed by atoms with Crippen molar-refractivity contribution >= 4 is 6.03 Å². The third kappa shape index (κ3) is 6.46. The number of ether oxygens (including phenoxy) is 1. The Balaban J connectivity index is 1.51. The van der Waals surface area contributed by atoms with Crippen molar-refractivity contribution in [2.45, 2.75) is 51.8 Å². The zero-order chi connectivity index (χ0) is 20.5. The first kappa shape index (κ1) is 21.1. The van der Waals surface area contributed by atoms with E-state index >= 15 is 0 Å². The number of pyridine rings is 1. The van der Waals surface area contributed by atoms with Crippen LogP contribution >= 0.6 is 0 Å². The molecule has 0 bridgehead atoms. The maximum Gasteiger partial charge on any atom is 0.317 e. The third-order valence-corrected chi connectivity index (χ3v) is 5.20. The van der Waals surface area contributed by atoms with Gasteiger partial charge in [-0.1, -0.05) is 37.3 Å². The molecular weight excluding hydrogens is 366 g/mol. The maximum atomic E-state index is 12.6. The molecule has 0 saturated carbocycles. The van der Waals surface area contributed by atoms with Crippen LogP contribution in [0.1, 0.15) is 43.7 Å². The number of rotatable bonds is 8. The van der Waals surface area contributed by atoms with Gasteiger partial charge in [0.05, 0.1) is 12.6 Å². The molecule has 1 N–H and O–H groups in total. The summed E-state index contributed by atoms with van der Waals surface area (Å²) in [5.74, 6) is 0. The molecule has 1 atom stereocenters. The highest BCUT2D eigenvalue weighted by Gasteiger charge is 2.20. The summed E-state index contributed by atoms with van der Waals surface area (Å²) in [5, 5.41) is 3.03. The van der Waals surface area contributed by atoms with Crippen LogP contribution in [0.4, 0.5) is 4.79 Å². The summed E-state index contributed by atoms with van der Waals surface area (Å²) in [6.45, 7) is 5.29. The van der Waals surface area contributed by atoms with E-state index in [-0.39, 0.29) is 17.7 Å². The Bertz CT molecular complexity index is 826. The lowest BCUT2D eigenvalue weighted by Crippen LogP contribution is -2.45. The molecule has 1 aliphatic heterocycles. The summed E-state index contributed by atoms with van der Waals surface area (Å²) in [4.78, 5) is 26.3. The quantitative estimate of drug-likeness (QED) is 0.743. The second kappa shape index (κ2) is 10.8. The van der Waals surface area contributed by atoms with Gasteiger partial charge in [0.25, 0.3) is 5.56 Å². The van der Waals surface area contributed by atoms with Gasteiger partial charge in [0.1, 0.15) is 0 Å². The van der Waals surface area contributed by atoms with Crippen LogP contribution in [-0.2, 0) is 17.8 Å². The molecule has 3 rings (SSSR count). The summed E-state index contributed by atoms with van der Waals surface area (Å²) in [6.07, 6.45) is 6.18. The second-order valence-corrected chi connectivity index (χ2v) is 7.58. The van der Waals surface area contributed by atoms with E-state index < -0.39 is 0 Å². The molecule has 6 heteroatoms. The SMILES string of the molecule is CCCN(CC1CCCCO1)C(=O)NCc1ccc(Cn2ccccc2=O)cc1. The minimum Gasteiger partial charge on any atom is -0.376 e. The van der Waals surface area contributed by atoms with Crippen LogP contribution < -0.4 is 10.9 Å². The fourth-order valence-electron chi connectivity index (χ4n) is 3.58. The number of hydrogen-bond donors (Lipinski definition) is 1. The smallest absolute Gasteiger partial charge is 0.317 e. The molecule has 0 spiro atoms. The van der Waals surface area contributed by atoms with Crippen LogP contribution in [0.3, 0.4) is 0 Å². The fourth-order valence-corrected chi connectivity index (χ4v) is 3.58. The summed E-state index contributed by atoms with van der Waals surface area (Å²) < 4.78 is 7.47. The van der Waals surface area contributed by atoms with Crippen molar-refractivity contribution in [3.63, 3.8) is 0 Å². The number of nitrogens with one attached hydrogen (secondary N) is 1. The van der Waals surface area contributed by atoms with Crippen molar-refractivity contribution in [3.8, 4) is 0 Å². The monoisotopic (exact) mass is 397 g/mol. The average molecular weight is 398 g/mol. The van der Waals surface area contributed by atoms with Crippen LogP contribution in [0, 0.1) is 0 Å². The first-order valence-corrected chi connectivity index (χ1v) is 10.5. The predicted molar refractivity (Wildman–Crippen MR) is 114 cm³/mol. The Morgan fingerprint density at radius 1 is 1.17 bits per heavy atom. The van der Waals surface area contributed by atoms with E-state index in [2.05, 4.69) is 12.2 Å². The number of carbonyl (C=O) groups is 1. The van der Waals surface area contributed by atoms with Crippen LogP contribution in [-0.4, -0.2) is 41.3 Å². The average Bonchev–Trinajstić information content (AvgIpc) is 2.75.